The van der Waals surface area contributed by atoms with Crippen molar-refractivity contribution in [2.45, 2.75) is 31.2 Å². The second kappa shape index (κ2) is 8.01. The lowest BCUT2D eigenvalue weighted by Crippen LogP contribution is -2.48. The topological polar surface area (TPSA) is 60.2 Å². The number of nitrogens with one attached hydrogen (secondary N) is 2. The van der Waals surface area contributed by atoms with E-state index in [1.165, 1.54) is 24.1 Å². The van der Waals surface area contributed by atoms with Gasteiger partial charge >= 0.3 is 0 Å². The predicted molar refractivity (Wildman–Crippen MR) is 101 cm³/mol. The summed E-state index contributed by atoms with van der Waals surface area (Å²) in [6.07, 6.45) is 3.54. The van der Waals surface area contributed by atoms with E-state index in [0.29, 0.717) is 17.1 Å². The Kier molecular flexibility index (Phi) is 5.52. The van der Waals surface area contributed by atoms with Gasteiger partial charge in [0.05, 0.1) is 11.6 Å². The van der Waals surface area contributed by atoms with Crippen molar-refractivity contribution in [2.24, 2.45) is 4.99 Å². The standard InChI is InChI=1S/C21H23FN4/c1-24-20(25-14-17-12-16(13-23)8-9-19(17)22)26-15-21(10-5-11-21)18-6-3-2-4-7-18/h2-4,6-9,12H,5,10-11,14-15H2,1H3,(H2,24,25,26). The Morgan fingerprint density at radius 2 is 1.96 bits per heavy atom. The minimum atomic E-state index is -0.327. The molecule has 26 heavy (non-hydrogen) atoms. The molecule has 0 amide bonds. The number of aliphatic imine (C=N–C) groups is 1. The van der Waals surface area contributed by atoms with E-state index < -0.39 is 0 Å². The van der Waals surface area contributed by atoms with Crippen LogP contribution in [0.15, 0.2) is 53.5 Å². The molecular formula is C21H23FN4. The Bertz CT molecular complexity index is 820. The molecule has 2 N–H and O–H groups in total. The van der Waals surface area contributed by atoms with Crippen LogP contribution in [-0.2, 0) is 12.0 Å². The van der Waals surface area contributed by atoms with E-state index in [1.54, 1.807) is 13.1 Å². The van der Waals surface area contributed by atoms with E-state index in [4.69, 9.17) is 5.26 Å². The van der Waals surface area contributed by atoms with Crippen molar-refractivity contribution in [3.05, 3.63) is 71.0 Å². The summed E-state index contributed by atoms with van der Waals surface area (Å²) in [4.78, 5) is 4.24. The molecule has 0 unspecified atom stereocenters. The van der Waals surface area contributed by atoms with Gasteiger partial charge < -0.3 is 10.6 Å². The fourth-order valence-corrected chi connectivity index (χ4v) is 3.40. The molecule has 1 fully saturated rings. The molecule has 0 bridgehead atoms. The monoisotopic (exact) mass is 350 g/mol. The highest BCUT2D eigenvalue weighted by Gasteiger charge is 2.38. The molecule has 4 nitrogen and oxygen atoms in total. The van der Waals surface area contributed by atoms with Crippen LogP contribution in [0.25, 0.3) is 0 Å². The van der Waals surface area contributed by atoms with Gasteiger partial charge in [-0.25, -0.2) is 4.39 Å². The van der Waals surface area contributed by atoms with Crippen molar-refractivity contribution in [3.63, 3.8) is 0 Å². The summed E-state index contributed by atoms with van der Waals surface area (Å²) in [6, 6.07) is 16.9. The third kappa shape index (κ3) is 3.85. The molecule has 3 rings (SSSR count). The Morgan fingerprint density at radius 3 is 2.58 bits per heavy atom. The molecule has 0 heterocycles. The van der Waals surface area contributed by atoms with E-state index >= 15 is 0 Å². The zero-order valence-electron chi connectivity index (χ0n) is 14.9. The normalized spacial score (nSPS) is 15.7. The third-order valence-electron chi connectivity index (χ3n) is 5.14. The van der Waals surface area contributed by atoms with Crippen molar-refractivity contribution in [1.29, 1.82) is 5.26 Å². The zero-order chi connectivity index (χ0) is 18.4. The minimum absolute atomic E-state index is 0.144. The molecular weight excluding hydrogens is 327 g/mol. The fraction of sp³-hybridized carbons (Fsp3) is 0.333. The molecule has 1 saturated carbocycles. The quantitative estimate of drug-likeness (QED) is 0.641. The summed E-state index contributed by atoms with van der Waals surface area (Å²) in [5.41, 5.74) is 2.39. The van der Waals surface area contributed by atoms with Crippen molar-refractivity contribution in [2.75, 3.05) is 13.6 Å². The Balaban J connectivity index is 1.61. The van der Waals surface area contributed by atoms with Gasteiger partial charge in [-0.2, -0.15) is 5.26 Å². The number of rotatable bonds is 5. The van der Waals surface area contributed by atoms with Crippen LogP contribution in [-0.4, -0.2) is 19.6 Å². The second-order valence-corrected chi connectivity index (χ2v) is 6.70. The number of benzene rings is 2. The molecule has 0 aliphatic heterocycles. The summed E-state index contributed by atoms with van der Waals surface area (Å²) in [5, 5.41) is 15.5. The summed E-state index contributed by atoms with van der Waals surface area (Å²) >= 11 is 0. The summed E-state index contributed by atoms with van der Waals surface area (Å²) < 4.78 is 13.9. The van der Waals surface area contributed by atoms with Crippen LogP contribution in [0.2, 0.25) is 0 Å². The highest BCUT2D eigenvalue weighted by Crippen LogP contribution is 2.43. The molecule has 0 spiro atoms. The first-order valence-corrected chi connectivity index (χ1v) is 8.85. The molecule has 0 saturated heterocycles. The maximum Gasteiger partial charge on any atom is 0.191 e. The highest BCUT2D eigenvalue weighted by atomic mass is 19.1. The van der Waals surface area contributed by atoms with Crippen LogP contribution >= 0.6 is 0 Å². The lowest BCUT2D eigenvalue weighted by Gasteiger charge is -2.43. The fourth-order valence-electron chi connectivity index (χ4n) is 3.40. The largest absolute Gasteiger partial charge is 0.356 e. The first-order chi connectivity index (χ1) is 12.7. The van der Waals surface area contributed by atoms with Gasteiger partial charge in [-0.05, 0) is 36.6 Å². The average Bonchev–Trinajstić information content (AvgIpc) is 2.65. The van der Waals surface area contributed by atoms with Crippen molar-refractivity contribution in [1.82, 2.24) is 10.6 Å². The Hall–Kier alpha value is -2.87. The molecule has 5 heteroatoms. The average molecular weight is 350 g/mol. The molecule has 0 aromatic heterocycles. The maximum absolute atomic E-state index is 13.9. The molecule has 134 valence electrons. The van der Waals surface area contributed by atoms with Gasteiger partial charge in [-0.3, -0.25) is 4.99 Å². The zero-order valence-corrected chi connectivity index (χ0v) is 14.9. The van der Waals surface area contributed by atoms with Gasteiger partial charge in [0.1, 0.15) is 5.82 Å². The smallest absolute Gasteiger partial charge is 0.191 e. The number of nitrogens with zero attached hydrogens (tertiary/aromatic N) is 2. The number of halogens is 1. The number of hydrogen-bond acceptors (Lipinski definition) is 2. The van der Waals surface area contributed by atoms with Crippen LogP contribution in [0.5, 0.6) is 0 Å². The highest BCUT2D eigenvalue weighted by molar-refractivity contribution is 5.79. The molecule has 2 aromatic rings. The van der Waals surface area contributed by atoms with Crippen molar-refractivity contribution >= 4 is 5.96 Å². The predicted octanol–water partition coefficient (Wildman–Crippen LogP) is 3.48. The van der Waals surface area contributed by atoms with Gasteiger partial charge in [0.2, 0.25) is 0 Å². The maximum atomic E-state index is 13.9. The van der Waals surface area contributed by atoms with Gasteiger partial charge in [0.15, 0.2) is 5.96 Å². The molecule has 1 aliphatic rings. The minimum Gasteiger partial charge on any atom is -0.356 e. The first-order valence-electron chi connectivity index (χ1n) is 8.85. The third-order valence-corrected chi connectivity index (χ3v) is 5.14. The van der Waals surface area contributed by atoms with Gasteiger partial charge in [0, 0.05) is 31.1 Å². The number of hydrogen-bond donors (Lipinski definition) is 2. The summed E-state index contributed by atoms with van der Waals surface area (Å²) in [6.45, 7) is 1.07. The Labute approximate surface area is 153 Å². The molecule has 0 atom stereocenters. The van der Waals surface area contributed by atoms with Gasteiger partial charge in [-0.1, -0.05) is 36.8 Å². The number of nitriles is 1. The lowest BCUT2D eigenvalue weighted by molar-refractivity contribution is 0.244. The van der Waals surface area contributed by atoms with Gasteiger partial charge in [0.25, 0.3) is 0 Å². The SMILES string of the molecule is CN=C(NCc1cc(C#N)ccc1F)NCC1(c2ccccc2)CCC1. The second-order valence-electron chi connectivity index (χ2n) is 6.70. The van der Waals surface area contributed by atoms with E-state index in [2.05, 4.69) is 39.9 Å². The van der Waals surface area contributed by atoms with Crippen LogP contribution in [0.3, 0.4) is 0 Å². The van der Waals surface area contributed by atoms with Crippen molar-refractivity contribution in [3.8, 4) is 6.07 Å². The van der Waals surface area contributed by atoms with Gasteiger partial charge in [-0.15, -0.1) is 0 Å². The van der Waals surface area contributed by atoms with Crippen LogP contribution in [0.4, 0.5) is 4.39 Å². The van der Waals surface area contributed by atoms with E-state index in [0.717, 1.165) is 19.4 Å². The molecule has 1 aliphatic carbocycles. The molecule has 2 aromatic carbocycles. The lowest BCUT2D eigenvalue weighted by atomic mass is 9.64. The van der Waals surface area contributed by atoms with E-state index in [-0.39, 0.29) is 17.8 Å². The van der Waals surface area contributed by atoms with Crippen molar-refractivity contribution < 1.29 is 4.39 Å². The van der Waals surface area contributed by atoms with E-state index in [9.17, 15) is 4.39 Å². The summed E-state index contributed by atoms with van der Waals surface area (Å²) in [7, 11) is 1.70. The number of guanidine groups is 1. The first kappa shape index (κ1) is 17.9. The molecule has 0 radical (unpaired) electrons. The summed E-state index contributed by atoms with van der Waals surface area (Å²) in [5.74, 6) is 0.306. The van der Waals surface area contributed by atoms with Crippen LogP contribution in [0, 0.1) is 17.1 Å². The van der Waals surface area contributed by atoms with E-state index in [1.807, 2.05) is 12.1 Å². The van der Waals surface area contributed by atoms with Crippen LogP contribution < -0.4 is 10.6 Å². The Morgan fingerprint density at radius 1 is 1.19 bits per heavy atom. The van der Waals surface area contributed by atoms with Crippen LogP contribution in [0.1, 0.15) is 36.0 Å².